The highest BCUT2D eigenvalue weighted by Crippen LogP contribution is 2.26. The van der Waals surface area contributed by atoms with E-state index in [-0.39, 0.29) is 18.3 Å². The van der Waals surface area contributed by atoms with Crippen LogP contribution >= 0.6 is 23.1 Å². The summed E-state index contributed by atoms with van der Waals surface area (Å²) in [7, 11) is 0. The number of thiazole rings is 1. The molecule has 0 atom stereocenters. The summed E-state index contributed by atoms with van der Waals surface area (Å²) in [4.78, 5) is 21.3. The summed E-state index contributed by atoms with van der Waals surface area (Å²) in [6.07, 6.45) is 1.83. The molecule has 0 saturated heterocycles. The molecular formula is C21H20N4O2S2. The summed E-state index contributed by atoms with van der Waals surface area (Å²) < 4.78 is 3.00. The fraction of sp³-hybridized carbons (Fsp3) is 0.190. The molecular weight excluding hydrogens is 404 g/mol. The number of hydrogen-bond acceptors (Lipinski definition) is 6. The van der Waals surface area contributed by atoms with Crippen molar-refractivity contribution in [2.75, 3.05) is 11.1 Å². The van der Waals surface area contributed by atoms with E-state index in [9.17, 15) is 9.90 Å². The highest BCUT2D eigenvalue weighted by atomic mass is 32.2. The van der Waals surface area contributed by atoms with E-state index >= 15 is 0 Å². The van der Waals surface area contributed by atoms with Gasteiger partial charge in [-0.2, -0.15) is 0 Å². The van der Waals surface area contributed by atoms with Crippen molar-refractivity contribution in [3.63, 3.8) is 0 Å². The number of aliphatic hydroxyl groups excluding tert-OH is 1. The second kappa shape index (κ2) is 8.77. The largest absolute Gasteiger partial charge is 0.390 e. The molecule has 4 rings (SSSR count). The number of carbonyl (C=O) groups is 1. The Balaban J connectivity index is 1.42. The van der Waals surface area contributed by atoms with Crippen LogP contribution in [0.5, 0.6) is 0 Å². The van der Waals surface area contributed by atoms with Gasteiger partial charge in [0.25, 0.3) is 0 Å². The molecule has 0 spiro atoms. The molecule has 0 aliphatic carbocycles. The maximum atomic E-state index is 12.4. The number of fused-ring (bicyclic) bond motifs is 1. The number of aliphatic hydroxyl groups is 1. The van der Waals surface area contributed by atoms with Gasteiger partial charge >= 0.3 is 0 Å². The van der Waals surface area contributed by atoms with Crippen molar-refractivity contribution in [2.24, 2.45) is 0 Å². The van der Waals surface area contributed by atoms with Crippen LogP contribution in [0.25, 0.3) is 10.2 Å². The number of aromatic nitrogens is 3. The number of para-hydroxylation sites is 1. The van der Waals surface area contributed by atoms with Crippen LogP contribution < -0.4 is 5.32 Å². The molecule has 0 aliphatic heterocycles. The molecule has 2 heterocycles. The normalized spacial score (nSPS) is 11.1. The van der Waals surface area contributed by atoms with Crippen molar-refractivity contribution in [1.82, 2.24) is 14.5 Å². The number of aryl methyl sites for hydroxylation is 1. The van der Waals surface area contributed by atoms with Crippen LogP contribution in [-0.4, -0.2) is 31.3 Å². The Morgan fingerprint density at radius 2 is 1.97 bits per heavy atom. The number of benzene rings is 2. The van der Waals surface area contributed by atoms with Gasteiger partial charge in [-0.25, -0.2) is 9.97 Å². The molecule has 0 radical (unpaired) electrons. The lowest BCUT2D eigenvalue weighted by Crippen LogP contribution is -2.14. The highest BCUT2D eigenvalue weighted by molar-refractivity contribution is 7.99. The van der Waals surface area contributed by atoms with Gasteiger partial charge in [-0.3, -0.25) is 4.79 Å². The molecule has 0 saturated carbocycles. The third kappa shape index (κ3) is 4.84. The summed E-state index contributed by atoms with van der Waals surface area (Å²) >= 11 is 2.80. The van der Waals surface area contributed by atoms with Crippen molar-refractivity contribution < 1.29 is 9.90 Å². The van der Waals surface area contributed by atoms with E-state index in [2.05, 4.69) is 46.5 Å². The number of hydrogen-bond donors (Lipinski definition) is 2. The number of nitrogens with zero attached hydrogens (tertiary/aromatic N) is 3. The number of nitrogens with one attached hydrogen (secondary N) is 1. The zero-order valence-electron chi connectivity index (χ0n) is 15.8. The van der Waals surface area contributed by atoms with Crippen molar-refractivity contribution in [1.29, 1.82) is 0 Å². The molecule has 8 heteroatoms. The summed E-state index contributed by atoms with van der Waals surface area (Å²) in [6.45, 7) is 2.55. The minimum Gasteiger partial charge on any atom is -0.390 e. The molecule has 1 amide bonds. The smallest absolute Gasteiger partial charge is 0.236 e. The summed E-state index contributed by atoms with van der Waals surface area (Å²) in [6, 6.07) is 16.1. The second-order valence-electron chi connectivity index (χ2n) is 6.61. The van der Waals surface area contributed by atoms with Crippen LogP contribution in [0.3, 0.4) is 0 Å². The van der Waals surface area contributed by atoms with Crippen LogP contribution in [0.15, 0.2) is 59.9 Å². The molecule has 6 nitrogen and oxygen atoms in total. The molecule has 2 N–H and O–H groups in total. The van der Waals surface area contributed by atoms with E-state index in [0.29, 0.717) is 22.5 Å². The lowest BCUT2D eigenvalue weighted by atomic mass is 10.1. The van der Waals surface area contributed by atoms with Crippen molar-refractivity contribution in [2.45, 2.75) is 25.2 Å². The first-order valence-corrected chi connectivity index (χ1v) is 10.9. The van der Waals surface area contributed by atoms with Crippen LogP contribution in [-0.2, 0) is 17.9 Å². The maximum Gasteiger partial charge on any atom is 0.236 e. The monoisotopic (exact) mass is 424 g/mol. The zero-order chi connectivity index (χ0) is 20.2. The zero-order valence-corrected chi connectivity index (χ0v) is 17.5. The van der Waals surface area contributed by atoms with Gasteiger partial charge in [-0.15, -0.1) is 0 Å². The Labute approximate surface area is 176 Å². The average Bonchev–Trinajstić information content (AvgIpc) is 3.31. The predicted octanol–water partition coefficient (Wildman–Crippen LogP) is 4.07. The van der Waals surface area contributed by atoms with Gasteiger partial charge < -0.3 is 15.0 Å². The third-order valence-electron chi connectivity index (χ3n) is 4.30. The van der Waals surface area contributed by atoms with E-state index in [0.717, 1.165) is 15.8 Å². The molecule has 4 aromatic rings. The Morgan fingerprint density at radius 1 is 1.17 bits per heavy atom. The average molecular weight is 425 g/mol. The third-order valence-corrected chi connectivity index (χ3v) is 6.24. The first kappa shape index (κ1) is 19.6. The minimum absolute atomic E-state index is 0.133. The SMILES string of the molecule is Cc1ccc(Cn2cc(CO)nc2SCC(=O)Nc2nc3ccccc3s2)cc1. The fourth-order valence-corrected chi connectivity index (χ4v) is 4.54. The van der Waals surface area contributed by atoms with Crippen molar-refractivity contribution in [3.8, 4) is 0 Å². The number of rotatable bonds is 7. The van der Waals surface area contributed by atoms with Crippen LogP contribution in [0.1, 0.15) is 16.8 Å². The summed E-state index contributed by atoms with van der Waals surface area (Å²) in [5.41, 5.74) is 3.81. The first-order chi connectivity index (χ1) is 14.1. The molecule has 148 valence electrons. The molecule has 29 heavy (non-hydrogen) atoms. The lowest BCUT2D eigenvalue weighted by molar-refractivity contribution is -0.113. The molecule has 2 aromatic carbocycles. The van der Waals surface area contributed by atoms with Gasteiger partial charge in [0.1, 0.15) is 0 Å². The van der Waals surface area contributed by atoms with Crippen LogP contribution in [0.2, 0.25) is 0 Å². The van der Waals surface area contributed by atoms with Gasteiger partial charge in [0.15, 0.2) is 10.3 Å². The standard InChI is InChI=1S/C21H20N4O2S2/c1-14-6-8-15(9-7-14)10-25-11-16(12-26)22-21(25)28-13-19(27)24-20-23-17-4-2-3-5-18(17)29-20/h2-9,11,26H,10,12-13H2,1H3,(H,23,24,27). The van der Waals surface area contributed by atoms with E-state index < -0.39 is 0 Å². The number of carbonyl (C=O) groups excluding carboxylic acids is 1. The van der Waals surface area contributed by atoms with E-state index in [1.165, 1.54) is 28.7 Å². The van der Waals surface area contributed by atoms with E-state index in [1.54, 1.807) is 0 Å². The number of anilines is 1. The van der Waals surface area contributed by atoms with Gasteiger partial charge in [-0.1, -0.05) is 65.1 Å². The Hall–Kier alpha value is -2.68. The Kier molecular flexibility index (Phi) is 5.94. The number of amides is 1. The van der Waals surface area contributed by atoms with Crippen LogP contribution in [0.4, 0.5) is 5.13 Å². The summed E-state index contributed by atoms with van der Waals surface area (Å²) in [5, 5.41) is 13.6. The maximum absolute atomic E-state index is 12.4. The van der Waals surface area contributed by atoms with E-state index in [1.807, 2.05) is 35.0 Å². The Bertz CT molecular complexity index is 1100. The van der Waals surface area contributed by atoms with E-state index in [4.69, 9.17) is 0 Å². The van der Waals surface area contributed by atoms with Gasteiger partial charge in [0.05, 0.1) is 28.3 Å². The predicted molar refractivity (Wildman–Crippen MR) is 117 cm³/mol. The van der Waals surface area contributed by atoms with Crippen molar-refractivity contribution >= 4 is 44.4 Å². The highest BCUT2D eigenvalue weighted by Gasteiger charge is 2.13. The van der Waals surface area contributed by atoms with Crippen LogP contribution in [0, 0.1) is 6.92 Å². The minimum atomic E-state index is -0.135. The topological polar surface area (TPSA) is 80.0 Å². The lowest BCUT2D eigenvalue weighted by Gasteiger charge is -2.08. The van der Waals surface area contributed by atoms with Gasteiger partial charge in [0, 0.05) is 12.7 Å². The first-order valence-electron chi connectivity index (χ1n) is 9.11. The number of imidazole rings is 1. The molecule has 0 bridgehead atoms. The summed E-state index contributed by atoms with van der Waals surface area (Å²) in [5.74, 6) is 0.0793. The second-order valence-corrected chi connectivity index (χ2v) is 8.58. The quantitative estimate of drug-likeness (QED) is 0.437. The molecule has 0 unspecified atom stereocenters. The fourth-order valence-electron chi connectivity index (χ4n) is 2.86. The molecule has 0 fully saturated rings. The number of thioether (sulfide) groups is 1. The van der Waals surface area contributed by atoms with Crippen molar-refractivity contribution in [3.05, 3.63) is 71.5 Å². The van der Waals surface area contributed by atoms with Gasteiger partial charge in [-0.05, 0) is 24.6 Å². The Morgan fingerprint density at radius 3 is 2.72 bits per heavy atom. The molecule has 2 aromatic heterocycles. The molecule has 0 aliphatic rings. The van der Waals surface area contributed by atoms with Gasteiger partial charge in [0.2, 0.25) is 5.91 Å².